The summed E-state index contributed by atoms with van der Waals surface area (Å²) in [7, 11) is 0. The minimum absolute atomic E-state index is 0.0378. The molecule has 8 heteroatoms. The number of pyridine rings is 1. The Bertz CT molecular complexity index is 1460. The van der Waals surface area contributed by atoms with Crippen LogP contribution in [0.3, 0.4) is 0 Å². The molecule has 2 aromatic heterocycles. The molecule has 1 saturated carbocycles. The van der Waals surface area contributed by atoms with Crippen LogP contribution in [0.5, 0.6) is 0 Å². The largest absolute Gasteiger partial charge is 0.352 e. The molecule has 4 aromatic rings. The topological polar surface area (TPSA) is 97.0 Å². The lowest BCUT2D eigenvalue weighted by molar-refractivity contribution is 0.0968. The summed E-state index contributed by atoms with van der Waals surface area (Å²) in [6.45, 7) is 3.50. The van der Waals surface area contributed by atoms with Crippen molar-refractivity contribution in [2.75, 3.05) is 23.3 Å². The van der Waals surface area contributed by atoms with Gasteiger partial charge in [-0.3, -0.25) is 9.78 Å². The number of anilines is 3. The van der Waals surface area contributed by atoms with Gasteiger partial charge in [-0.15, -0.1) is 0 Å². The van der Waals surface area contributed by atoms with Crippen molar-refractivity contribution in [3.63, 3.8) is 0 Å². The summed E-state index contributed by atoms with van der Waals surface area (Å²) < 4.78 is 14.2. The van der Waals surface area contributed by atoms with Crippen molar-refractivity contribution < 1.29 is 9.18 Å². The maximum atomic E-state index is 14.2. The number of hydrogen-bond acceptors (Lipinski definition) is 7. The number of nitrogens with zero attached hydrogens (tertiary/aromatic N) is 4. The molecule has 1 atom stereocenters. The van der Waals surface area contributed by atoms with E-state index in [2.05, 4.69) is 25.2 Å². The summed E-state index contributed by atoms with van der Waals surface area (Å²) in [5.41, 5.74) is 11.2. The van der Waals surface area contributed by atoms with Gasteiger partial charge in [0.2, 0.25) is 5.95 Å². The fraction of sp³-hybridized carbons (Fsp3) is 0.310. The Morgan fingerprint density at radius 2 is 1.84 bits per heavy atom. The first-order chi connectivity index (χ1) is 17.9. The number of Topliss-reactive ketones (excluding diaryl/α,β-unsaturated/α-hetero) is 1. The van der Waals surface area contributed by atoms with Gasteiger partial charge in [0.15, 0.2) is 5.78 Å². The third-order valence-electron chi connectivity index (χ3n) is 7.11. The summed E-state index contributed by atoms with van der Waals surface area (Å²) in [6, 6.07) is 10.9. The van der Waals surface area contributed by atoms with Crippen molar-refractivity contribution in [2.24, 2.45) is 11.7 Å². The van der Waals surface area contributed by atoms with Gasteiger partial charge >= 0.3 is 0 Å². The number of fused-ring (bicyclic) bond motifs is 1. The van der Waals surface area contributed by atoms with Crippen LogP contribution in [-0.2, 0) is 0 Å². The van der Waals surface area contributed by atoms with Crippen molar-refractivity contribution in [2.45, 2.75) is 38.6 Å². The highest BCUT2D eigenvalue weighted by Crippen LogP contribution is 2.38. The molecule has 0 bridgehead atoms. The molecule has 7 nitrogen and oxygen atoms in total. The quantitative estimate of drug-likeness (QED) is 0.345. The van der Waals surface area contributed by atoms with Gasteiger partial charge in [-0.1, -0.05) is 12.1 Å². The zero-order valence-electron chi connectivity index (χ0n) is 20.7. The van der Waals surface area contributed by atoms with E-state index >= 15 is 0 Å². The van der Waals surface area contributed by atoms with E-state index in [0.717, 1.165) is 66.4 Å². The molecule has 2 aliphatic rings. The molecule has 3 N–H and O–H groups in total. The van der Waals surface area contributed by atoms with Crippen molar-refractivity contribution in [1.82, 2.24) is 15.0 Å². The molecule has 2 fully saturated rings. The summed E-state index contributed by atoms with van der Waals surface area (Å²) >= 11 is 0. The van der Waals surface area contributed by atoms with Crippen LogP contribution in [0.25, 0.3) is 22.0 Å². The predicted molar refractivity (Wildman–Crippen MR) is 144 cm³/mol. The minimum atomic E-state index is -0.281. The van der Waals surface area contributed by atoms with Gasteiger partial charge in [0.25, 0.3) is 0 Å². The Morgan fingerprint density at radius 3 is 2.57 bits per heavy atom. The number of halogens is 1. The second-order valence-corrected chi connectivity index (χ2v) is 10.2. The molecule has 1 saturated heterocycles. The van der Waals surface area contributed by atoms with Gasteiger partial charge < -0.3 is 16.0 Å². The van der Waals surface area contributed by atoms with Gasteiger partial charge in [0, 0.05) is 36.6 Å². The SMILES string of the molecule is Cc1cc(F)cc(-c2ccc3ncc(C(=O)C4CC4)c(Nc4cnc(N5CCCC(N)C5)nc4)c3c2)c1. The van der Waals surface area contributed by atoms with Crippen LogP contribution in [0, 0.1) is 18.7 Å². The van der Waals surface area contributed by atoms with E-state index in [1.807, 2.05) is 31.2 Å². The Kier molecular flexibility index (Phi) is 6.04. The first-order valence-electron chi connectivity index (χ1n) is 12.8. The van der Waals surface area contributed by atoms with E-state index in [1.165, 1.54) is 12.1 Å². The number of nitrogens with two attached hydrogens (primary N) is 1. The first-order valence-corrected chi connectivity index (χ1v) is 12.8. The van der Waals surface area contributed by atoms with Crippen LogP contribution in [0.2, 0.25) is 0 Å². The van der Waals surface area contributed by atoms with Gasteiger partial charge in [0.1, 0.15) is 5.82 Å². The van der Waals surface area contributed by atoms with E-state index in [-0.39, 0.29) is 23.6 Å². The smallest absolute Gasteiger partial charge is 0.225 e. The molecule has 1 aliphatic heterocycles. The molecule has 2 aromatic carbocycles. The standard InChI is InChI=1S/C29H29FN6O/c1-17-9-20(11-21(30)10-17)19-6-7-26-24(12-19)27(25(15-32-26)28(37)18-4-5-18)35-23-13-33-29(34-14-23)36-8-2-3-22(31)16-36/h6-7,9-15,18,22H,2-5,8,16,31H2,1H3,(H,32,35). The second-order valence-electron chi connectivity index (χ2n) is 10.2. The normalized spacial score (nSPS) is 17.7. The van der Waals surface area contributed by atoms with Crippen molar-refractivity contribution in [1.29, 1.82) is 0 Å². The number of benzene rings is 2. The van der Waals surface area contributed by atoms with Crippen LogP contribution < -0.4 is 16.0 Å². The van der Waals surface area contributed by atoms with E-state index in [4.69, 9.17) is 5.73 Å². The maximum Gasteiger partial charge on any atom is 0.225 e. The third-order valence-corrected chi connectivity index (χ3v) is 7.11. The Hall–Kier alpha value is -3.91. The van der Waals surface area contributed by atoms with Gasteiger partial charge in [-0.05, 0) is 73.6 Å². The predicted octanol–water partition coefficient (Wildman–Crippen LogP) is 5.40. The summed E-state index contributed by atoms with van der Waals surface area (Å²) in [5.74, 6) is 0.494. The maximum absolute atomic E-state index is 14.2. The monoisotopic (exact) mass is 496 g/mol. The van der Waals surface area contributed by atoms with Crippen LogP contribution in [0.1, 0.15) is 41.6 Å². The molecule has 0 radical (unpaired) electrons. The number of ketones is 1. The van der Waals surface area contributed by atoms with Gasteiger partial charge in [0.05, 0.1) is 34.8 Å². The highest BCUT2D eigenvalue weighted by atomic mass is 19.1. The molecule has 1 unspecified atom stereocenters. The zero-order chi connectivity index (χ0) is 25.5. The average molecular weight is 497 g/mol. The lowest BCUT2D eigenvalue weighted by Gasteiger charge is -2.30. The van der Waals surface area contributed by atoms with Crippen molar-refractivity contribution >= 4 is 34.0 Å². The third kappa shape index (κ3) is 4.89. The number of carbonyl (C=O) groups excluding carboxylic acids is 1. The molecular weight excluding hydrogens is 467 g/mol. The molecule has 188 valence electrons. The second kappa shape index (κ2) is 9.52. The van der Waals surface area contributed by atoms with E-state index in [0.29, 0.717) is 22.9 Å². The van der Waals surface area contributed by atoms with Crippen molar-refractivity contribution in [3.8, 4) is 11.1 Å². The number of aromatic nitrogens is 3. The summed E-state index contributed by atoms with van der Waals surface area (Å²) in [4.78, 5) is 29.1. The first kappa shape index (κ1) is 23.5. The van der Waals surface area contributed by atoms with Crippen LogP contribution >= 0.6 is 0 Å². The Morgan fingerprint density at radius 1 is 1.03 bits per heavy atom. The van der Waals surface area contributed by atoms with Crippen LogP contribution in [0.15, 0.2) is 55.0 Å². The fourth-order valence-electron chi connectivity index (χ4n) is 5.05. The zero-order valence-corrected chi connectivity index (χ0v) is 20.7. The highest BCUT2D eigenvalue weighted by molar-refractivity contribution is 6.11. The molecule has 6 rings (SSSR count). The average Bonchev–Trinajstić information content (AvgIpc) is 3.74. The van der Waals surface area contributed by atoms with E-state index in [1.54, 1.807) is 18.6 Å². The van der Waals surface area contributed by atoms with Gasteiger partial charge in [-0.2, -0.15) is 0 Å². The molecule has 0 spiro atoms. The fourth-order valence-corrected chi connectivity index (χ4v) is 5.05. The van der Waals surface area contributed by atoms with E-state index in [9.17, 15) is 9.18 Å². The molecule has 0 amide bonds. The summed E-state index contributed by atoms with van der Waals surface area (Å²) in [6.07, 6.45) is 8.96. The molecule has 1 aliphatic carbocycles. The number of hydrogen-bond donors (Lipinski definition) is 2. The number of piperidine rings is 1. The number of carbonyl (C=O) groups is 1. The summed E-state index contributed by atoms with van der Waals surface area (Å²) in [5, 5.41) is 4.21. The van der Waals surface area contributed by atoms with Crippen LogP contribution in [0.4, 0.5) is 21.7 Å². The Labute approximate surface area is 215 Å². The van der Waals surface area contributed by atoms with Gasteiger partial charge in [-0.25, -0.2) is 14.4 Å². The highest BCUT2D eigenvalue weighted by Gasteiger charge is 2.32. The lowest BCUT2D eigenvalue weighted by atomic mass is 9.98. The minimum Gasteiger partial charge on any atom is -0.352 e. The lowest BCUT2D eigenvalue weighted by Crippen LogP contribution is -2.43. The number of rotatable bonds is 6. The number of nitrogens with one attached hydrogen (secondary N) is 1. The molecule has 3 heterocycles. The molecule has 37 heavy (non-hydrogen) atoms. The van der Waals surface area contributed by atoms with Crippen LogP contribution in [-0.4, -0.2) is 39.9 Å². The van der Waals surface area contributed by atoms with E-state index < -0.39 is 0 Å². The molecular formula is C29H29FN6O. The Balaban J connectivity index is 1.40. The van der Waals surface area contributed by atoms with Crippen molar-refractivity contribution in [3.05, 3.63) is 71.9 Å². The number of aryl methyl sites for hydroxylation is 1.